The van der Waals surface area contributed by atoms with Gasteiger partial charge >= 0.3 is 0 Å². The largest absolute Gasteiger partial charge is 0.383 e. The summed E-state index contributed by atoms with van der Waals surface area (Å²) in [4.78, 5) is 0. The molecule has 0 saturated heterocycles. The molecule has 0 aliphatic carbocycles. The lowest BCUT2D eigenvalue weighted by Gasteiger charge is -2.14. The molecule has 0 aliphatic heterocycles. The quantitative estimate of drug-likeness (QED) is 0.580. The lowest BCUT2D eigenvalue weighted by Crippen LogP contribution is -2.09. The van der Waals surface area contributed by atoms with E-state index in [1.54, 1.807) is 6.07 Å². The fourth-order valence-electron chi connectivity index (χ4n) is 2.04. The summed E-state index contributed by atoms with van der Waals surface area (Å²) in [5.74, 6) is -0.169. The highest BCUT2D eigenvalue weighted by atomic mass is 19.1. The Kier molecular flexibility index (Phi) is 8.03. The van der Waals surface area contributed by atoms with Crippen LogP contribution in [0.1, 0.15) is 52.4 Å². The molecular formula is C16H27FN2. The van der Waals surface area contributed by atoms with Crippen LogP contribution in [-0.4, -0.2) is 13.1 Å². The Hall–Kier alpha value is -1.25. The lowest BCUT2D eigenvalue weighted by molar-refractivity contribution is 0.629. The SMILES string of the molecule is CCCCCNc1cccc(F)c1NCCCCC. The Labute approximate surface area is 116 Å². The van der Waals surface area contributed by atoms with E-state index in [2.05, 4.69) is 24.5 Å². The van der Waals surface area contributed by atoms with Gasteiger partial charge in [-0.1, -0.05) is 45.6 Å². The minimum absolute atomic E-state index is 0.169. The Morgan fingerprint density at radius 2 is 1.53 bits per heavy atom. The number of anilines is 2. The molecular weight excluding hydrogens is 239 g/mol. The van der Waals surface area contributed by atoms with Crippen molar-refractivity contribution in [3.63, 3.8) is 0 Å². The highest BCUT2D eigenvalue weighted by Gasteiger charge is 2.06. The topological polar surface area (TPSA) is 24.1 Å². The number of rotatable bonds is 10. The van der Waals surface area contributed by atoms with Crippen LogP contribution < -0.4 is 10.6 Å². The van der Waals surface area contributed by atoms with Gasteiger partial charge in [0.15, 0.2) is 0 Å². The smallest absolute Gasteiger partial charge is 0.148 e. The third-order valence-electron chi connectivity index (χ3n) is 3.19. The first-order valence-electron chi connectivity index (χ1n) is 7.55. The molecule has 0 fully saturated rings. The van der Waals surface area contributed by atoms with Crippen molar-refractivity contribution in [1.29, 1.82) is 0 Å². The van der Waals surface area contributed by atoms with Crippen molar-refractivity contribution in [2.24, 2.45) is 0 Å². The predicted molar refractivity (Wildman–Crippen MR) is 82.4 cm³/mol. The van der Waals surface area contributed by atoms with Gasteiger partial charge in [0, 0.05) is 13.1 Å². The number of hydrogen-bond donors (Lipinski definition) is 2. The summed E-state index contributed by atoms with van der Waals surface area (Å²) >= 11 is 0. The van der Waals surface area contributed by atoms with Crippen molar-refractivity contribution in [3.05, 3.63) is 24.0 Å². The number of hydrogen-bond acceptors (Lipinski definition) is 2. The Morgan fingerprint density at radius 3 is 2.16 bits per heavy atom. The molecule has 1 rings (SSSR count). The normalized spacial score (nSPS) is 10.5. The van der Waals surface area contributed by atoms with E-state index in [1.165, 1.54) is 31.7 Å². The Balaban J connectivity index is 2.51. The average molecular weight is 266 g/mol. The van der Waals surface area contributed by atoms with Crippen molar-refractivity contribution in [1.82, 2.24) is 0 Å². The van der Waals surface area contributed by atoms with Crippen molar-refractivity contribution in [2.45, 2.75) is 52.4 Å². The molecule has 0 spiro atoms. The molecule has 3 heteroatoms. The summed E-state index contributed by atoms with van der Waals surface area (Å²) in [6.45, 7) is 6.09. The molecule has 0 aliphatic rings. The summed E-state index contributed by atoms with van der Waals surface area (Å²) in [5, 5.41) is 6.55. The molecule has 0 bridgehead atoms. The van der Waals surface area contributed by atoms with E-state index in [9.17, 15) is 4.39 Å². The second kappa shape index (κ2) is 9.65. The van der Waals surface area contributed by atoms with E-state index in [4.69, 9.17) is 0 Å². The first-order valence-corrected chi connectivity index (χ1v) is 7.55. The number of para-hydroxylation sites is 1. The summed E-state index contributed by atoms with van der Waals surface area (Å²) in [5.41, 5.74) is 1.50. The zero-order chi connectivity index (χ0) is 13.9. The Bertz CT molecular complexity index is 353. The van der Waals surface area contributed by atoms with E-state index in [0.29, 0.717) is 5.69 Å². The summed E-state index contributed by atoms with van der Waals surface area (Å²) < 4.78 is 13.8. The minimum atomic E-state index is -0.169. The van der Waals surface area contributed by atoms with Crippen molar-refractivity contribution in [3.8, 4) is 0 Å². The average Bonchev–Trinajstić information content (AvgIpc) is 2.42. The second-order valence-corrected chi connectivity index (χ2v) is 4.93. The van der Waals surface area contributed by atoms with Gasteiger partial charge in [-0.2, -0.15) is 0 Å². The van der Waals surface area contributed by atoms with E-state index in [1.807, 2.05) is 6.07 Å². The van der Waals surface area contributed by atoms with Crippen LogP contribution in [0.5, 0.6) is 0 Å². The molecule has 0 unspecified atom stereocenters. The van der Waals surface area contributed by atoms with Gasteiger partial charge in [-0.05, 0) is 25.0 Å². The van der Waals surface area contributed by atoms with Gasteiger partial charge in [-0.3, -0.25) is 0 Å². The monoisotopic (exact) mass is 266 g/mol. The number of halogens is 1. The molecule has 0 heterocycles. The van der Waals surface area contributed by atoms with E-state index < -0.39 is 0 Å². The van der Waals surface area contributed by atoms with Crippen LogP contribution in [0.2, 0.25) is 0 Å². The van der Waals surface area contributed by atoms with Crippen LogP contribution in [0.25, 0.3) is 0 Å². The van der Waals surface area contributed by atoms with E-state index in [-0.39, 0.29) is 5.82 Å². The summed E-state index contributed by atoms with van der Waals surface area (Å²) in [6.07, 6.45) is 6.98. The van der Waals surface area contributed by atoms with Gasteiger partial charge in [-0.25, -0.2) is 4.39 Å². The summed E-state index contributed by atoms with van der Waals surface area (Å²) in [6, 6.07) is 5.21. The minimum Gasteiger partial charge on any atom is -0.383 e. The van der Waals surface area contributed by atoms with Crippen LogP contribution in [0, 0.1) is 5.82 Å². The second-order valence-electron chi connectivity index (χ2n) is 4.93. The van der Waals surface area contributed by atoms with Crippen molar-refractivity contribution in [2.75, 3.05) is 23.7 Å². The van der Waals surface area contributed by atoms with Gasteiger partial charge < -0.3 is 10.6 Å². The van der Waals surface area contributed by atoms with Gasteiger partial charge in [0.05, 0.1) is 11.4 Å². The van der Waals surface area contributed by atoms with E-state index in [0.717, 1.165) is 31.6 Å². The first kappa shape index (κ1) is 15.8. The van der Waals surface area contributed by atoms with Gasteiger partial charge in [-0.15, -0.1) is 0 Å². The third-order valence-corrected chi connectivity index (χ3v) is 3.19. The van der Waals surface area contributed by atoms with Crippen LogP contribution in [0.3, 0.4) is 0 Å². The van der Waals surface area contributed by atoms with Gasteiger partial charge in [0.25, 0.3) is 0 Å². The van der Waals surface area contributed by atoms with Gasteiger partial charge in [0.2, 0.25) is 0 Å². The number of unbranched alkanes of at least 4 members (excludes halogenated alkanes) is 4. The molecule has 0 atom stereocenters. The molecule has 2 nitrogen and oxygen atoms in total. The molecule has 0 saturated carbocycles. The van der Waals surface area contributed by atoms with Gasteiger partial charge in [0.1, 0.15) is 5.82 Å². The molecule has 0 radical (unpaired) electrons. The zero-order valence-corrected chi connectivity index (χ0v) is 12.3. The molecule has 108 valence electrons. The third kappa shape index (κ3) is 5.95. The maximum Gasteiger partial charge on any atom is 0.148 e. The fraction of sp³-hybridized carbons (Fsp3) is 0.625. The number of nitrogens with one attached hydrogen (secondary N) is 2. The van der Waals surface area contributed by atoms with Crippen molar-refractivity contribution >= 4 is 11.4 Å². The highest BCUT2D eigenvalue weighted by molar-refractivity contribution is 5.69. The molecule has 0 amide bonds. The predicted octanol–water partition coefficient (Wildman–Crippen LogP) is 5.03. The van der Waals surface area contributed by atoms with Crippen LogP contribution in [-0.2, 0) is 0 Å². The summed E-state index contributed by atoms with van der Waals surface area (Å²) in [7, 11) is 0. The van der Waals surface area contributed by atoms with Crippen LogP contribution in [0.4, 0.5) is 15.8 Å². The zero-order valence-electron chi connectivity index (χ0n) is 12.3. The molecule has 19 heavy (non-hydrogen) atoms. The molecule has 1 aromatic rings. The maximum absolute atomic E-state index is 13.8. The van der Waals surface area contributed by atoms with E-state index >= 15 is 0 Å². The lowest BCUT2D eigenvalue weighted by atomic mass is 10.2. The number of benzene rings is 1. The molecule has 1 aromatic carbocycles. The fourth-order valence-corrected chi connectivity index (χ4v) is 2.04. The maximum atomic E-state index is 13.8. The van der Waals surface area contributed by atoms with Crippen molar-refractivity contribution < 1.29 is 4.39 Å². The molecule has 0 aromatic heterocycles. The van der Waals surface area contributed by atoms with Crippen LogP contribution >= 0.6 is 0 Å². The standard InChI is InChI=1S/C16H27FN2/c1-3-5-7-12-18-15-11-9-10-14(17)16(15)19-13-8-6-4-2/h9-11,18-19H,3-8,12-13H2,1-2H3. The first-order chi connectivity index (χ1) is 9.29. The highest BCUT2D eigenvalue weighted by Crippen LogP contribution is 2.25. The molecule has 2 N–H and O–H groups in total. The Morgan fingerprint density at radius 1 is 0.895 bits per heavy atom. The van der Waals surface area contributed by atoms with Crippen LogP contribution in [0.15, 0.2) is 18.2 Å².